The number of pyridine rings is 1. The van der Waals surface area contributed by atoms with Crippen LogP contribution in [0.3, 0.4) is 0 Å². The predicted octanol–water partition coefficient (Wildman–Crippen LogP) is 4.24. The van der Waals surface area contributed by atoms with Crippen LogP contribution in [0.25, 0.3) is 10.2 Å². The molecule has 0 spiro atoms. The van der Waals surface area contributed by atoms with Crippen molar-refractivity contribution in [3.63, 3.8) is 0 Å². The summed E-state index contributed by atoms with van der Waals surface area (Å²) in [6.07, 6.45) is 1.17. The van der Waals surface area contributed by atoms with Crippen molar-refractivity contribution >= 4 is 39.1 Å². The van der Waals surface area contributed by atoms with Crippen molar-refractivity contribution in [2.45, 2.75) is 32.5 Å². The Hall–Kier alpha value is -2.97. The fourth-order valence-corrected chi connectivity index (χ4v) is 5.49. The fourth-order valence-electron chi connectivity index (χ4n) is 4.08. The maximum Gasteiger partial charge on any atom is 0.224 e. The van der Waals surface area contributed by atoms with E-state index in [4.69, 9.17) is 11.6 Å². The van der Waals surface area contributed by atoms with Gasteiger partial charge in [-0.3, -0.25) is 9.59 Å². The van der Waals surface area contributed by atoms with Crippen molar-refractivity contribution in [3.8, 4) is 0 Å². The van der Waals surface area contributed by atoms with E-state index < -0.39 is 6.10 Å². The first-order valence-corrected chi connectivity index (χ1v) is 12.6. The van der Waals surface area contributed by atoms with Gasteiger partial charge in [0.2, 0.25) is 11.3 Å². The Morgan fingerprint density at radius 3 is 2.54 bits per heavy atom. The minimum atomic E-state index is -0.602. The molecule has 0 fully saturated rings. The molecule has 0 saturated heterocycles. The van der Waals surface area contributed by atoms with Gasteiger partial charge in [0.1, 0.15) is 0 Å². The molecule has 8 heteroatoms. The number of aromatic nitrogens is 1. The smallest absolute Gasteiger partial charge is 0.224 e. The lowest BCUT2D eigenvalue weighted by Crippen LogP contribution is -2.27. The van der Waals surface area contributed by atoms with Crippen molar-refractivity contribution in [1.82, 2.24) is 15.2 Å². The third-order valence-electron chi connectivity index (χ3n) is 5.98. The molecule has 2 aromatic heterocycles. The van der Waals surface area contributed by atoms with Gasteiger partial charge in [0.15, 0.2) is 0 Å². The SMILES string of the molecule is Cc1c(CNCC(O)c2ccccc2)sc2c(=O)c(CC(=O)NCc3ccc(Cl)cc3)cn(C)c12. The van der Waals surface area contributed by atoms with E-state index in [1.165, 1.54) is 11.3 Å². The van der Waals surface area contributed by atoms with Gasteiger partial charge in [-0.1, -0.05) is 54.1 Å². The Kier molecular flexibility index (Phi) is 8.03. The highest BCUT2D eigenvalue weighted by molar-refractivity contribution is 7.19. The molecule has 0 aliphatic carbocycles. The number of nitrogens with zero attached hydrogens (tertiary/aromatic N) is 1. The van der Waals surface area contributed by atoms with Crippen molar-refractivity contribution in [1.29, 1.82) is 0 Å². The maximum atomic E-state index is 13.2. The van der Waals surface area contributed by atoms with Crippen LogP contribution in [-0.2, 0) is 31.4 Å². The quantitative estimate of drug-likeness (QED) is 0.315. The second kappa shape index (κ2) is 11.2. The van der Waals surface area contributed by atoms with Gasteiger partial charge < -0.3 is 20.3 Å². The molecule has 1 unspecified atom stereocenters. The zero-order valence-corrected chi connectivity index (χ0v) is 21.2. The number of nitrogens with one attached hydrogen (secondary N) is 2. The number of rotatable bonds is 9. The summed E-state index contributed by atoms with van der Waals surface area (Å²) in [5.74, 6) is -0.207. The molecule has 4 aromatic rings. The van der Waals surface area contributed by atoms with E-state index in [-0.39, 0.29) is 17.8 Å². The third-order valence-corrected chi connectivity index (χ3v) is 7.51. The first kappa shape index (κ1) is 25.1. The molecular formula is C27H28ClN3O3S. The number of thiophene rings is 1. The summed E-state index contributed by atoms with van der Waals surface area (Å²) in [7, 11) is 1.90. The number of aliphatic hydroxyl groups is 1. The molecule has 1 amide bonds. The molecule has 0 saturated carbocycles. The van der Waals surface area contributed by atoms with Gasteiger partial charge in [0.05, 0.1) is 22.7 Å². The summed E-state index contributed by atoms with van der Waals surface area (Å²) >= 11 is 7.35. The number of halogens is 1. The number of fused-ring (bicyclic) bond motifs is 1. The van der Waals surface area contributed by atoms with Crippen molar-refractivity contribution < 1.29 is 9.90 Å². The Labute approximate surface area is 213 Å². The van der Waals surface area contributed by atoms with Crippen LogP contribution in [0.4, 0.5) is 0 Å². The molecule has 0 aliphatic rings. The number of carbonyl (C=O) groups is 1. The summed E-state index contributed by atoms with van der Waals surface area (Å²) < 4.78 is 2.57. The van der Waals surface area contributed by atoms with Crippen molar-refractivity contribution in [2.75, 3.05) is 6.54 Å². The summed E-state index contributed by atoms with van der Waals surface area (Å²) in [5.41, 5.74) is 4.07. The van der Waals surface area contributed by atoms with Crippen molar-refractivity contribution in [3.05, 3.63) is 103 Å². The second-order valence-electron chi connectivity index (χ2n) is 8.56. The van der Waals surface area contributed by atoms with Gasteiger partial charge in [-0.15, -0.1) is 11.3 Å². The van der Waals surface area contributed by atoms with Crippen LogP contribution in [0.2, 0.25) is 5.02 Å². The molecule has 4 rings (SSSR count). The van der Waals surface area contributed by atoms with Crippen LogP contribution in [0.5, 0.6) is 0 Å². The number of hydrogen-bond acceptors (Lipinski definition) is 5. The summed E-state index contributed by atoms with van der Waals surface area (Å²) in [5, 5.41) is 17.2. The number of benzene rings is 2. The first-order chi connectivity index (χ1) is 16.8. The maximum absolute atomic E-state index is 13.2. The van der Waals surface area contributed by atoms with Gasteiger partial charge >= 0.3 is 0 Å². The molecule has 0 radical (unpaired) electrons. The van der Waals surface area contributed by atoms with Crippen LogP contribution in [0.1, 0.15) is 33.2 Å². The lowest BCUT2D eigenvalue weighted by molar-refractivity contribution is -0.120. The number of hydrogen-bond donors (Lipinski definition) is 3. The Morgan fingerprint density at radius 1 is 1.11 bits per heavy atom. The normalized spacial score (nSPS) is 12.1. The highest BCUT2D eigenvalue weighted by Crippen LogP contribution is 2.29. The minimum Gasteiger partial charge on any atom is -0.387 e. The predicted molar refractivity (Wildman–Crippen MR) is 142 cm³/mol. The molecule has 2 heterocycles. The van der Waals surface area contributed by atoms with Crippen LogP contribution >= 0.6 is 22.9 Å². The first-order valence-electron chi connectivity index (χ1n) is 11.4. The highest BCUT2D eigenvalue weighted by atomic mass is 35.5. The standard InChI is InChI=1S/C27H28ClN3O3S/c1-17-23(15-29-14-22(32)19-6-4-3-5-7-19)35-27-25(17)31(2)16-20(26(27)34)12-24(33)30-13-18-8-10-21(28)11-9-18/h3-11,16,22,29,32H,12-15H2,1-2H3,(H,30,33). The summed E-state index contributed by atoms with van der Waals surface area (Å²) in [4.78, 5) is 26.8. The average molecular weight is 510 g/mol. The Morgan fingerprint density at radius 2 is 1.83 bits per heavy atom. The number of carbonyl (C=O) groups excluding carboxylic acids is 1. The number of aliphatic hydroxyl groups excluding tert-OH is 1. The van der Waals surface area contributed by atoms with E-state index in [1.54, 1.807) is 18.3 Å². The van der Waals surface area contributed by atoms with Gasteiger partial charge in [-0.05, 0) is 35.7 Å². The lowest BCUT2D eigenvalue weighted by Gasteiger charge is -2.12. The van der Waals surface area contributed by atoms with E-state index in [2.05, 4.69) is 10.6 Å². The van der Waals surface area contributed by atoms with Crippen LogP contribution in [0.15, 0.2) is 65.6 Å². The van der Waals surface area contributed by atoms with E-state index in [0.717, 1.165) is 27.1 Å². The van der Waals surface area contributed by atoms with Gasteiger partial charge in [-0.2, -0.15) is 0 Å². The van der Waals surface area contributed by atoms with Crippen LogP contribution in [-0.4, -0.2) is 22.1 Å². The topological polar surface area (TPSA) is 83.4 Å². The summed E-state index contributed by atoms with van der Waals surface area (Å²) in [6.45, 7) is 3.33. The molecule has 35 heavy (non-hydrogen) atoms. The van der Waals surface area contributed by atoms with Gasteiger partial charge in [0.25, 0.3) is 0 Å². The molecule has 3 N–H and O–H groups in total. The fraction of sp³-hybridized carbons (Fsp3) is 0.259. The third kappa shape index (κ3) is 6.00. The monoisotopic (exact) mass is 509 g/mol. The average Bonchev–Trinajstić information content (AvgIpc) is 3.19. The second-order valence-corrected chi connectivity index (χ2v) is 10.1. The number of aryl methyl sites for hydroxylation is 2. The van der Waals surface area contributed by atoms with Crippen molar-refractivity contribution in [2.24, 2.45) is 7.05 Å². The van der Waals surface area contributed by atoms with Gasteiger partial charge in [-0.25, -0.2) is 0 Å². The largest absolute Gasteiger partial charge is 0.387 e. The Bertz CT molecular complexity index is 1380. The Balaban J connectivity index is 1.44. The molecule has 1 atom stereocenters. The lowest BCUT2D eigenvalue weighted by atomic mass is 10.1. The van der Waals surface area contributed by atoms with Gasteiger partial charge in [0, 0.05) is 48.3 Å². The minimum absolute atomic E-state index is 0.0179. The molecule has 0 aliphatic heterocycles. The number of amides is 1. The zero-order valence-electron chi connectivity index (χ0n) is 19.7. The van der Waals surface area contributed by atoms with Crippen LogP contribution in [0, 0.1) is 6.92 Å². The van der Waals surface area contributed by atoms with E-state index in [1.807, 2.05) is 61.0 Å². The van der Waals surface area contributed by atoms with E-state index in [9.17, 15) is 14.7 Å². The zero-order chi connectivity index (χ0) is 24.9. The molecule has 2 aromatic carbocycles. The van der Waals surface area contributed by atoms with E-state index in [0.29, 0.717) is 34.9 Å². The molecular weight excluding hydrogens is 482 g/mol. The highest BCUT2D eigenvalue weighted by Gasteiger charge is 2.18. The van der Waals surface area contributed by atoms with Crippen LogP contribution < -0.4 is 16.1 Å². The molecule has 182 valence electrons. The summed E-state index contributed by atoms with van der Waals surface area (Å²) in [6, 6.07) is 16.8. The molecule has 0 bridgehead atoms. The van der Waals surface area contributed by atoms with E-state index >= 15 is 0 Å². The molecule has 6 nitrogen and oxygen atoms in total.